The maximum absolute atomic E-state index is 12.7. The van der Waals surface area contributed by atoms with Gasteiger partial charge in [0.2, 0.25) is 0 Å². The van der Waals surface area contributed by atoms with Crippen LogP contribution in [0, 0.1) is 11.3 Å². The zero-order chi connectivity index (χ0) is 36.4. The van der Waals surface area contributed by atoms with Crippen molar-refractivity contribution >= 4 is 57.4 Å². The number of unbranched alkanes of at least 4 members (excludes halogenated alkanes) is 3. The molecule has 6 rings (SSSR count). The molecule has 0 aliphatic rings. The fourth-order valence-corrected chi connectivity index (χ4v) is 12.4. The molecule has 8 nitrogen and oxygen atoms in total. The second-order valence-electron chi connectivity index (χ2n) is 12.5. The van der Waals surface area contributed by atoms with Crippen molar-refractivity contribution in [2.45, 2.75) is 25.7 Å². The van der Waals surface area contributed by atoms with Crippen LogP contribution in [0.1, 0.15) is 30.7 Å². The van der Waals surface area contributed by atoms with Gasteiger partial charge in [-0.15, -0.1) is 11.3 Å². The third-order valence-electron chi connectivity index (χ3n) is 9.19. The van der Waals surface area contributed by atoms with Gasteiger partial charge in [-0.3, -0.25) is 0 Å². The van der Waals surface area contributed by atoms with Crippen LogP contribution in [0.3, 0.4) is 0 Å². The Morgan fingerprint density at radius 3 is 2.02 bits per heavy atom. The fourth-order valence-electron chi connectivity index (χ4n) is 6.52. The number of nitriles is 1. The molecule has 262 valence electrons. The summed E-state index contributed by atoms with van der Waals surface area (Å²) in [5.41, 5.74) is 0.703. The van der Waals surface area contributed by atoms with Gasteiger partial charge in [0.1, 0.15) is 17.6 Å². The van der Waals surface area contributed by atoms with Gasteiger partial charge in [-0.25, -0.2) is 4.98 Å². The average molecular weight is 728 g/mol. The first-order valence-corrected chi connectivity index (χ1v) is 20.4. The van der Waals surface area contributed by atoms with Gasteiger partial charge >= 0.3 is 204 Å². The number of rotatable bonds is 16. The van der Waals surface area contributed by atoms with Gasteiger partial charge in [0, 0.05) is 12.1 Å². The summed E-state index contributed by atoms with van der Waals surface area (Å²) in [6.07, 6.45) is 4.46. The number of phenols is 1. The molecule has 6 aromatic rings. The monoisotopic (exact) mass is 727 g/mol. The van der Waals surface area contributed by atoms with Gasteiger partial charge in [-0.05, 0) is 12.1 Å². The predicted octanol–water partition coefficient (Wildman–Crippen LogP) is 7.34. The van der Waals surface area contributed by atoms with E-state index in [9.17, 15) is 9.90 Å². The van der Waals surface area contributed by atoms with Gasteiger partial charge in [0.05, 0.1) is 17.3 Å². The molecule has 1 aromatic heterocycles. The topological polar surface area (TPSA) is 114 Å². The molecular weight excluding hydrogens is 688 g/mol. The Morgan fingerprint density at radius 1 is 0.827 bits per heavy atom. The van der Waals surface area contributed by atoms with E-state index in [2.05, 4.69) is 89.2 Å². The SMILES string of the molecule is [B]P(CCCCCCNC(=O)COc1cc(Oc2ccc3nc(C#N)sc3c2)cc(OC)c1O)(c1ccccc1)(c1ccccc1)c1ccccc1. The third kappa shape index (κ3) is 7.77. The molecule has 0 saturated heterocycles. The molecule has 1 heterocycles. The summed E-state index contributed by atoms with van der Waals surface area (Å²) in [6.45, 7) is -3.06. The Morgan fingerprint density at radius 2 is 1.42 bits per heavy atom. The van der Waals surface area contributed by atoms with Crippen LogP contribution >= 0.6 is 17.8 Å². The number of nitrogens with zero attached hydrogens (tertiary/aromatic N) is 2. The quantitative estimate of drug-likeness (QED) is 0.0610. The van der Waals surface area contributed by atoms with E-state index in [0.29, 0.717) is 28.6 Å². The molecule has 0 spiro atoms. The van der Waals surface area contributed by atoms with Crippen molar-refractivity contribution in [1.82, 2.24) is 10.3 Å². The van der Waals surface area contributed by atoms with E-state index in [4.69, 9.17) is 27.0 Å². The molecule has 0 saturated carbocycles. The number of thiazole rings is 1. The number of carbonyl (C=O) groups excluding carboxylic acids is 1. The Bertz CT molecular complexity index is 2080. The van der Waals surface area contributed by atoms with Crippen molar-refractivity contribution in [2.75, 3.05) is 26.4 Å². The zero-order valence-electron chi connectivity index (χ0n) is 28.9. The summed E-state index contributed by atoms with van der Waals surface area (Å²) in [6, 6.07) is 41.9. The molecule has 2 N–H and O–H groups in total. The second kappa shape index (κ2) is 16.3. The molecule has 0 aliphatic heterocycles. The minimum atomic E-state index is -3.26. The van der Waals surface area contributed by atoms with Crippen molar-refractivity contribution in [2.24, 2.45) is 0 Å². The molecule has 0 bridgehead atoms. The van der Waals surface area contributed by atoms with Crippen LogP contribution in [-0.4, -0.2) is 50.0 Å². The molecule has 0 unspecified atom stereocenters. The zero-order valence-corrected chi connectivity index (χ0v) is 30.6. The number of hydrogen-bond donors (Lipinski definition) is 2. The minimum absolute atomic E-state index is 0.0495. The number of carbonyl (C=O) groups is 1. The number of fused-ring (bicyclic) bond motifs is 1. The fraction of sp³-hybridized carbons (Fsp3) is 0.195. The molecule has 0 aliphatic carbocycles. The van der Waals surface area contributed by atoms with E-state index in [-0.39, 0.29) is 29.8 Å². The standard InChI is InChI=1S/C41H39BN3O5PS/c1-48-36-25-31(50-30-21-22-35-38(27-30)52-40(28-43)45-35)26-37(41(36)47)49-29-39(46)44-23-13-2-3-14-24-51(42,32-15-7-4-8-16-32,33-17-9-5-10-18-33)34-19-11-6-12-20-34/h4-12,15-22,25-27,47H,2-3,13-14,23-24,29H2,1H3,(H,44,46). The molecule has 52 heavy (non-hydrogen) atoms. The van der Waals surface area contributed by atoms with E-state index in [0.717, 1.165) is 36.5 Å². The number of hydrogen-bond acceptors (Lipinski definition) is 8. The maximum atomic E-state index is 12.7. The number of aromatic hydroxyl groups is 1. The summed E-state index contributed by atoms with van der Waals surface area (Å²) < 4.78 is 17.8. The number of aromatic nitrogens is 1. The van der Waals surface area contributed by atoms with Crippen molar-refractivity contribution < 1.29 is 24.1 Å². The van der Waals surface area contributed by atoms with Crippen LogP contribution in [0.25, 0.3) is 10.2 Å². The number of phenolic OH excluding ortho intramolecular Hbond substituents is 1. The van der Waals surface area contributed by atoms with Crippen molar-refractivity contribution in [3.63, 3.8) is 0 Å². The van der Waals surface area contributed by atoms with Crippen LogP contribution in [0.5, 0.6) is 28.7 Å². The van der Waals surface area contributed by atoms with Crippen molar-refractivity contribution in [1.29, 1.82) is 5.26 Å². The second-order valence-corrected chi connectivity index (χ2v) is 18.3. The molecule has 11 heteroatoms. The normalized spacial score (nSPS) is 12.0. The van der Waals surface area contributed by atoms with Gasteiger partial charge in [0.15, 0.2) is 10.8 Å². The molecular formula is C41H39BN3O5PS. The van der Waals surface area contributed by atoms with Crippen molar-refractivity contribution in [3.05, 3.63) is 126 Å². The number of ether oxygens (including phenoxy) is 3. The van der Waals surface area contributed by atoms with Crippen LogP contribution in [0.15, 0.2) is 121 Å². The van der Waals surface area contributed by atoms with E-state index in [1.165, 1.54) is 46.5 Å². The molecule has 2 radical (unpaired) electrons. The Kier molecular flexibility index (Phi) is 11.4. The van der Waals surface area contributed by atoms with Gasteiger partial charge in [0.25, 0.3) is 0 Å². The summed E-state index contributed by atoms with van der Waals surface area (Å²) in [5.74, 6) is 0.486. The van der Waals surface area contributed by atoms with E-state index >= 15 is 0 Å². The summed E-state index contributed by atoms with van der Waals surface area (Å²) in [4.78, 5) is 17.0. The summed E-state index contributed by atoms with van der Waals surface area (Å²) >= 11 is 1.27. The molecule has 1 amide bonds. The van der Waals surface area contributed by atoms with E-state index < -0.39 is 6.48 Å². The number of benzene rings is 5. The third-order valence-corrected chi connectivity index (χ3v) is 15.8. The Balaban J connectivity index is 1.02. The van der Waals surface area contributed by atoms with E-state index in [1.807, 2.05) is 18.2 Å². The number of nitrogens with one attached hydrogen (secondary N) is 1. The van der Waals surface area contributed by atoms with Gasteiger partial charge < -0.3 is 14.6 Å². The number of methoxy groups -OCH3 is 1. The van der Waals surface area contributed by atoms with E-state index in [1.54, 1.807) is 18.2 Å². The Labute approximate surface area is 309 Å². The predicted molar refractivity (Wildman–Crippen MR) is 212 cm³/mol. The average Bonchev–Trinajstić information content (AvgIpc) is 3.61. The van der Waals surface area contributed by atoms with Crippen LogP contribution in [0.4, 0.5) is 0 Å². The van der Waals surface area contributed by atoms with Crippen LogP contribution in [-0.2, 0) is 4.79 Å². The summed E-state index contributed by atoms with van der Waals surface area (Å²) in [5, 5.41) is 26.6. The van der Waals surface area contributed by atoms with Crippen LogP contribution in [0.2, 0.25) is 0 Å². The van der Waals surface area contributed by atoms with Crippen molar-refractivity contribution in [3.8, 4) is 34.8 Å². The first-order chi connectivity index (χ1) is 25.3. The van der Waals surface area contributed by atoms with Crippen LogP contribution < -0.4 is 35.4 Å². The number of amides is 1. The Hall–Kier alpha value is -5.36. The molecule has 5 aromatic carbocycles. The molecule has 0 fully saturated rings. The van der Waals surface area contributed by atoms with Gasteiger partial charge in [-0.2, -0.15) is 5.26 Å². The first kappa shape index (κ1) is 36.4. The first-order valence-electron chi connectivity index (χ1n) is 17.1. The summed E-state index contributed by atoms with van der Waals surface area (Å²) in [7, 11) is 9.28. The van der Waals surface area contributed by atoms with Gasteiger partial charge in [-0.1, -0.05) is 0 Å². The molecule has 0 atom stereocenters.